The third-order valence-corrected chi connectivity index (χ3v) is 4.39. The third-order valence-electron chi connectivity index (χ3n) is 4.39. The van der Waals surface area contributed by atoms with Crippen LogP contribution in [-0.4, -0.2) is 23.9 Å². The van der Waals surface area contributed by atoms with E-state index in [1.54, 1.807) is 0 Å². The number of amides is 1. The molecule has 1 unspecified atom stereocenters. The van der Waals surface area contributed by atoms with Crippen molar-refractivity contribution in [3.8, 4) is 0 Å². The lowest BCUT2D eigenvalue weighted by atomic mass is 9.86. The predicted octanol–water partition coefficient (Wildman–Crippen LogP) is 2.34. The fourth-order valence-electron chi connectivity index (χ4n) is 2.64. The first kappa shape index (κ1) is 14.1. The first-order valence-corrected chi connectivity index (χ1v) is 7.17. The van der Waals surface area contributed by atoms with Gasteiger partial charge in [-0.25, -0.2) is 0 Å². The van der Waals surface area contributed by atoms with Gasteiger partial charge in [-0.3, -0.25) is 4.79 Å². The largest absolute Gasteiger partial charge is 0.338 e. The zero-order valence-corrected chi connectivity index (χ0v) is 12.0. The molecule has 104 valence electrons. The SMILES string of the molecule is CCC(C)(CN)C(=O)N1CCCc2ccccc2C1. The zero-order chi connectivity index (χ0) is 13.9. The van der Waals surface area contributed by atoms with E-state index in [4.69, 9.17) is 5.73 Å². The number of nitrogens with two attached hydrogens (primary N) is 1. The van der Waals surface area contributed by atoms with Gasteiger partial charge in [0.25, 0.3) is 0 Å². The van der Waals surface area contributed by atoms with E-state index in [1.165, 1.54) is 11.1 Å². The summed E-state index contributed by atoms with van der Waals surface area (Å²) in [7, 11) is 0. The number of nitrogens with zero attached hydrogens (tertiary/aromatic N) is 1. The maximum Gasteiger partial charge on any atom is 0.230 e. The van der Waals surface area contributed by atoms with Crippen LogP contribution in [0.4, 0.5) is 0 Å². The van der Waals surface area contributed by atoms with Crippen LogP contribution in [0.15, 0.2) is 24.3 Å². The molecular formula is C16H24N2O. The van der Waals surface area contributed by atoms with Gasteiger partial charge in [0, 0.05) is 19.6 Å². The van der Waals surface area contributed by atoms with Crippen molar-refractivity contribution in [2.45, 2.75) is 39.7 Å². The summed E-state index contributed by atoms with van der Waals surface area (Å²) >= 11 is 0. The van der Waals surface area contributed by atoms with E-state index >= 15 is 0 Å². The van der Waals surface area contributed by atoms with Crippen molar-refractivity contribution >= 4 is 5.91 Å². The predicted molar refractivity (Wildman–Crippen MR) is 77.6 cm³/mol. The molecule has 3 heteroatoms. The van der Waals surface area contributed by atoms with E-state index in [1.807, 2.05) is 18.7 Å². The standard InChI is InChI=1S/C16H24N2O/c1-3-16(2,12-17)15(19)18-10-6-9-13-7-4-5-8-14(13)11-18/h4-5,7-8H,3,6,9-12,17H2,1-2H3. The van der Waals surface area contributed by atoms with Crippen molar-refractivity contribution < 1.29 is 4.79 Å². The van der Waals surface area contributed by atoms with Gasteiger partial charge in [0.2, 0.25) is 5.91 Å². The highest BCUT2D eigenvalue weighted by atomic mass is 16.2. The molecule has 0 spiro atoms. The molecule has 1 amide bonds. The van der Waals surface area contributed by atoms with Crippen LogP contribution in [0.2, 0.25) is 0 Å². The molecule has 3 nitrogen and oxygen atoms in total. The Morgan fingerprint density at radius 2 is 2.05 bits per heavy atom. The average Bonchev–Trinajstić information content (AvgIpc) is 2.67. The van der Waals surface area contributed by atoms with E-state index in [-0.39, 0.29) is 5.91 Å². The normalized spacial score (nSPS) is 18.4. The highest BCUT2D eigenvalue weighted by Crippen LogP contribution is 2.26. The van der Waals surface area contributed by atoms with Crippen molar-refractivity contribution in [1.82, 2.24) is 4.90 Å². The van der Waals surface area contributed by atoms with Crippen LogP contribution in [-0.2, 0) is 17.8 Å². The van der Waals surface area contributed by atoms with E-state index in [2.05, 4.69) is 24.3 Å². The summed E-state index contributed by atoms with van der Waals surface area (Å²) in [4.78, 5) is 14.7. The monoisotopic (exact) mass is 260 g/mol. The minimum absolute atomic E-state index is 0.203. The molecule has 1 aromatic carbocycles. The molecule has 1 atom stereocenters. The highest BCUT2D eigenvalue weighted by molar-refractivity contribution is 5.82. The van der Waals surface area contributed by atoms with Gasteiger partial charge in [-0.15, -0.1) is 0 Å². The van der Waals surface area contributed by atoms with Crippen molar-refractivity contribution in [2.75, 3.05) is 13.1 Å². The number of carbonyl (C=O) groups excluding carboxylic acids is 1. The van der Waals surface area contributed by atoms with E-state index in [0.717, 1.165) is 32.4 Å². The number of aryl methyl sites for hydroxylation is 1. The minimum Gasteiger partial charge on any atom is -0.338 e. The number of rotatable bonds is 3. The molecule has 0 bridgehead atoms. The number of hydrogen-bond acceptors (Lipinski definition) is 2. The second-order valence-electron chi connectivity index (χ2n) is 5.72. The zero-order valence-electron chi connectivity index (χ0n) is 12.0. The molecule has 0 saturated carbocycles. The Hall–Kier alpha value is -1.35. The Bertz CT molecular complexity index is 452. The summed E-state index contributed by atoms with van der Waals surface area (Å²) in [5.41, 5.74) is 8.05. The molecule has 0 aromatic heterocycles. The minimum atomic E-state index is -0.417. The second kappa shape index (κ2) is 5.74. The fraction of sp³-hybridized carbons (Fsp3) is 0.562. The maximum absolute atomic E-state index is 12.7. The smallest absolute Gasteiger partial charge is 0.230 e. The summed E-state index contributed by atoms with van der Waals surface area (Å²) in [6.45, 7) is 6.00. The molecule has 2 N–H and O–H groups in total. The second-order valence-corrected chi connectivity index (χ2v) is 5.72. The molecule has 19 heavy (non-hydrogen) atoms. The molecule has 1 aliphatic heterocycles. The summed E-state index contributed by atoms with van der Waals surface area (Å²) < 4.78 is 0. The van der Waals surface area contributed by atoms with Crippen molar-refractivity contribution in [2.24, 2.45) is 11.1 Å². The lowest BCUT2D eigenvalue weighted by Gasteiger charge is -2.32. The molecular weight excluding hydrogens is 236 g/mol. The van der Waals surface area contributed by atoms with Gasteiger partial charge in [-0.2, -0.15) is 0 Å². The number of benzene rings is 1. The van der Waals surface area contributed by atoms with Crippen molar-refractivity contribution in [3.05, 3.63) is 35.4 Å². The lowest BCUT2D eigenvalue weighted by Crippen LogP contribution is -2.45. The lowest BCUT2D eigenvalue weighted by molar-refractivity contribution is -0.141. The molecule has 1 heterocycles. The van der Waals surface area contributed by atoms with Crippen LogP contribution in [0, 0.1) is 5.41 Å². The van der Waals surface area contributed by atoms with Crippen LogP contribution >= 0.6 is 0 Å². The van der Waals surface area contributed by atoms with E-state index < -0.39 is 5.41 Å². The van der Waals surface area contributed by atoms with Crippen molar-refractivity contribution in [1.29, 1.82) is 0 Å². The van der Waals surface area contributed by atoms with Gasteiger partial charge in [-0.05, 0) is 37.3 Å². The summed E-state index contributed by atoms with van der Waals surface area (Å²) in [6, 6.07) is 8.43. The van der Waals surface area contributed by atoms with Gasteiger partial charge >= 0.3 is 0 Å². The number of hydrogen-bond donors (Lipinski definition) is 1. The van der Waals surface area contributed by atoms with Gasteiger partial charge in [0.1, 0.15) is 0 Å². The van der Waals surface area contributed by atoms with Gasteiger partial charge in [-0.1, -0.05) is 31.2 Å². The van der Waals surface area contributed by atoms with Crippen LogP contribution in [0.5, 0.6) is 0 Å². The molecule has 0 radical (unpaired) electrons. The first-order valence-electron chi connectivity index (χ1n) is 7.17. The van der Waals surface area contributed by atoms with Crippen LogP contribution in [0.3, 0.4) is 0 Å². The van der Waals surface area contributed by atoms with Gasteiger partial charge in [0.05, 0.1) is 5.41 Å². The summed E-state index contributed by atoms with van der Waals surface area (Å²) in [5.74, 6) is 0.203. The van der Waals surface area contributed by atoms with Gasteiger partial charge < -0.3 is 10.6 Å². The molecule has 0 aliphatic carbocycles. The molecule has 1 aromatic rings. The Morgan fingerprint density at radius 3 is 2.68 bits per heavy atom. The maximum atomic E-state index is 12.7. The molecule has 0 fully saturated rings. The van der Waals surface area contributed by atoms with E-state index in [9.17, 15) is 4.79 Å². The van der Waals surface area contributed by atoms with Gasteiger partial charge in [0.15, 0.2) is 0 Å². The van der Waals surface area contributed by atoms with E-state index in [0.29, 0.717) is 6.54 Å². The Balaban J connectivity index is 2.21. The topological polar surface area (TPSA) is 46.3 Å². The summed E-state index contributed by atoms with van der Waals surface area (Å²) in [6.07, 6.45) is 2.89. The molecule has 2 rings (SSSR count). The Labute approximate surface area is 115 Å². The van der Waals surface area contributed by atoms with Crippen LogP contribution in [0.1, 0.15) is 37.8 Å². The first-order chi connectivity index (χ1) is 9.10. The molecule has 1 aliphatic rings. The van der Waals surface area contributed by atoms with Crippen LogP contribution < -0.4 is 5.73 Å². The quantitative estimate of drug-likeness (QED) is 0.906. The summed E-state index contributed by atoms with van der Waals surface area (Å²) in [5, 5.41) is 0. The fourth-order valence-corrected chi connectivity index (χ4v) is 2.64. The average molecular weight is 260 g/mol. The third kappa shape index (κ3) is 2.81. The van der Waals surface area contributed by atoms with Crippen LogP contribution in [0.25, 0.3) is 0 Å². The Kier molecular flexibility index (Phi) is 4.25. The number of fused-ring (bicyclic) bond motifs is 1. The number of carbonyl (C=O) groups is 1. The highest BCUT2D eigenvalue weighted by Gasteiger charge is 2.34. The molecule has 0 saturated heterocycles. The Morgan fingerprint density at radius 1 is 1.37 bits per heavy atom. The van der Waals surface area contributed by atoms with Crippen molar-refractivity contribution in [3.63, 3.8) is 0 Å².